The first kappa shape index (κ1) is 11.5. The van der Waals surface area contributed by atoms with Gasteiger partial charge >= 0.3 is 0 Å². The van der Waals surface area contributed by atoms with E-state index in [1.165, 1.54) is 24.6 Å². The smallest absolute Gasteiger partial charge is 0.126 e. The highest BCUT2D eigenvalue weighted by Crippen LogP contribution is 2.15. The zero-order valence-electron chi connectivity index (χ0n) is 10.5. The average molecular weight is 241 g/mol. The summed E-state index contributed by atoms with van der Waals surface area (Å²) in [4.78, 5) is 4.62. The molecular formula is C15H19N3. The van der Waals surface area contributed by atoms with E-state index in [9.17, 15) is 0 Å². The summed E-state index contributed by atoms with van der Waals surface area (Å²) in [5.74, 6) is 0.973. The summed E-state index contributed by atoms with van der Waals surface area (Å²) < 4.78 is 0. The summed E-state index contributed by atoms with van der Waals surface area (Å²) in [6, 6.07) is 13.0. The van der Waals surface area contributed by atoms with E-state index in [1.807, 2.05) is 12.1 Å². The molecule has 1 aromatic carbocycles. The first-order chi connectivity index (χ1) is 8.92. The molecule has 0 radical (unpaired) electrons. The fourth-order valence-electron chi connectivity index (χ4n) is 2.49. The predicted octanol–water partition coefficient (Wildman–Crippen LogP) is 2.79. The maximum atomic E-state index is 4.62. The molecule has 3 heteroatoms. The summed E-state index contributed by atoms with van der Waals surface area (Å²) in [7, 11) is 0. The SMILES string of the molecule is c1ccc2nc(NC[C@H]3CCCCN3)ccc2c1. The van der Waals surface area contributed by atoms with Gasteiger partial charge in [-0.1, -0.05) is 24.6 Å². The Labute approximate surface area is 108 Å². The number of hydrogen-bond acceptors (Lipinski definition) is 3. The van der Waals surface area contributed by atoms with E-state index in [0.717, 1.165) is 24.4 Å². The van der Waals surface area contributed by atoms with E-state index >= 15 is 0 Å². The number of para-hydroxylation sites is 1. The first-order valence-electron chi connectivity index (χ1n) is 6.75. The van der Waals surface area contributed by atoms with Crippen molar-refractivity contribution >= 4 is 16.7 Å². The van der Waals surface area contributed by atoms with Gasteiger partial charge in [0.25, 0.3) is 0 Å². The minimum absolute atomic E-state index is 0.590. The lowest BCUT2D eigenvalue weighted by Gasteiger charge is -2.23. The van der Waals surface area contributed by atoms with Crippen LogP contribution in [0, 0.1) is 0 Å². The zero-order chi connectivity index (χ0) is 12.2. The molecule has 1 fully saturated rings. The van der Waals surface area contributed by atoms with Gasteiger partial charge in [-0.05, 0) is 37.6 Å². The molecule has 0 amide bonds. The maximum Gasteiger partial charge on any atom is 0.126 e. The Bertz CT molecular complexity index is 518. The highest BCUT2D eigenvalue weighted by Gasteiger charge is 2.11. The molecule has 3 nitrogen and oxygen atoms in total. The minimum atomic E-state index is 0.590. The second-order valence-electron chi connectivity index (χ2n) is 4.92. The van der Waals surface area contributed by atoms with E-state index in [0.29, 0.717) is 6.04 Å². The van der Waals surface area contributed by atoms with Crippen LogP contribution in [-0.2, 0) is 0 Å². The van der Waals surface area contributed by atoms with Crippen molar-refractivity contribution in [1.82, 2.24) is 10.3 Å². The number of rotatable bonds is 3. The summed E-state index contributed by atoms with van der Waals surface area (Å²) in [5.41, 5.74) is 1.05. The monoisotopic (exact) mass is 241 g/mol. The second kappa shape index (κ2) is 5.36. The lowest BCUT2D eigenvalue weighted by Crippen LogP contribution is -2.39. The fourth-order valence-corrected chi connectivity index (χ4v) is 2.49. The quantitative estimate of drug-likeness (QED) is 0.867. The average Bonchev–Trinajstić information content (AvgIpc) is 2.46. The molecule has 1 aliphatic rings. The van der Waals surface area contributed by atoms with Crippen LogP contribution in [0.3, 0.4) is 0 Å². The molecule has 94 valence electrons. The molecule has 2 heterocycles. The lowest BCUT2D eigenvalue weighted by molar-refractivity contribution is 0.414. The van der Waals surface area contributed by atoms with Crippen molar-refractivity contribution in [2.45, 2.75) is 25.3 Å². The third-order valence-corrected chi connectivity index (χ3v) is 3.54. The Morgan fingerprint density at radius 1 is 1.17 bits per heavy atom. The standard InChI is InChI=1S/C15H19N3/c1-2-7-14-12(5-1)8-9-15(18-14)17-11-13-6-3-4-10-16-13/h1-2,5,7-9,13,16H,3-4,6,10-11H2,(H,17,18)/t13-/m1/s1. The molecule has 1 atom stereocenters. The van der Waals surface area contributed by atoms with E-state index in [2.05, 4.69) is 39.9 Å². The number of anilines is 1. The van der Waals surface area contributed by atoms with Crippen LogP contribution in [0.1, 0.15) is 19.3 Å². The molecule has 2 N–H and O–H groups in total. The van der Waals surface area contributed by atoms with Gasteiger partial charge in [0, 0.05) is 18.0 Å². The zero-order valence-corrected chi connectivity index (χ0v) is 10.5. The summed E-state index contributed by atoms with van der Waals surface area (Å²) in [6.45, 7) is 2.11. The number of benzene rings is 1. The molecule has 0 unspecified atom stereocenters. The third kappa shape index (κ3) is 2.62. The Hall–Kier alpha value is -1.61. The number of piperidine rings is 1. The largest absolute Gasteiger partial charge is 0.368 e. The van der Waals surface area contributed by atoms with Gasteiger partial charge in [-0.25, -0.2) is 4.98 Å². The van der Waals surface area contributed by atoms with Gasteiger partial charge in [0.2, 0.25) is 0 Å². The maximum absolute atomic E-state index is 4.62. The molecule has 18 heavy (non-hydrogen) atoms. The van der Waals surface area contributed by atoms with Gasteiger partial charge in [0.15, 0.2) is 0 Å². The topological polar surface area (TPSA) is 37.0 Å². The van der Waals surface area contributed by atoms with Crippen LogP contribution < -0.4 is 10.6 Å². The summed E-state index contributed by atoms with van der Waals surface area (Å²) in [6.07, 6.45) is 3.91. The van der Waals surface area contributed by atoms with Gasteiger partial charge in [0.1, 0.15) is 5.82 Å². The van der Waals surface area contributed by atoms with Crippen LogP contribution in [-0.4, -0.2) is 24.1 Å². The van der Waals surface area contributed by atoms with Crippen molar-refractivity contribution < 1.29 is 0 Å². The number of pyridine rings is 1. The van der Waals surface area contributed by atoms with Crippen molar-refractivity contribution in [2.24, 2.45) is 0 Å². The number of aromatic nitrogens is 1. The van der Waals surface area contributed by atoms with Gasteiger partial charge in [-0.2, -0.15) is 0 Å². The Morgan fingerprint density at radius 2 is 2.11 bits per heavy atom. The lowest BCUT2D eigenvalue weighted by atomic mass is 10.1. The Balaban J connectivity index is 1.66. The normalized spacial score (nSPS) is 19.9. The highest BCUT2D eigenvalue weighted by atomic mass is 15.0. The number of hydrogen-bond donors (Lipinski definition) is 2. The fraction of sp³-hybridized carbons (Fsp3) is 0.400. The Morgan fingerprint density at radius 3 is 3.00 bits per heavy atom. The molecule has 0 saturated carbocycles. The molecule has 0 aliphatic carbocycles. The molecule has 3 rings (SSSR count). The Kier molecular flexibility index (Phi) is 3.42. The highest BCUT2D eigenvalue weighted by molar-refractivity contribution is 5.80. The van der Waals surface area contributed by atoms with Crippen molar-refractivity contribution in [2.75, 3.05) is 18.4 Å². The van der Waals surface area contributed by atoms with Gasteiger partial charge in [0.05, 0.1) is 5.52 Å². The van der Waals surface area contributed by atoms with E-state index in [1.54, 1.807) is 0 Å². The van der Waals surface area contributed by atoms with Crippen molar-refractivity contribution in [3.63, 3.8) is 0 Å². The number of nitrogens with one attached hydrogen (secondary N) is 2. The minimum Gasteiger partial charge on any atom is -0.368 e. The summed E-state index contributed by atoms with van der Waals surface area (Å²) in [5, 5.41) is 8.16. The van der Waals surface area contributed by atoms with Crippen LogP contribution in [0.15, 0.2) is 36.4 Å². The number of nitrogens with zero attached hydrogens (tertiary/aromatic N) is 1. The molecule has 1 saturated heterocycles. The van der Waals surface area contributed by atoms with Crippen LogP contribution in [0.5, 0.6) is 0 Å². The van der Waals surface area contributed by atoms with Crippen molar-refractivity contribution in [1.29, 1.82) is 0 Å². The first-order valence-corrected chi connectivity index (χ1v) is 6.75. The third-order valence-electron chi connectivity index (χ3n) is 3.54. The van der Waals surface area contributed by atoms with Gasteiger partial charge < -0.3 is 10.6 Å². The molecule has 0 spiro atoms. The van der Waals surface area contributed by atoms with Crippen LogP contribution in [0.4, 0.5) is 5.82 Å². The van der Waals surface area contributed by atoms with Crippen LogP contribution >= 0.6 is 0 Å². The van der Waals surface area contributed by atoms with Gasteiger partial charge in [-0.15, -0.1) is 0 Å². The van der Waals surface area contributed by atoms with Gasteiger partial charge in [-0.3, -0.25) is 0 Å². The number of fused-ring (bicyclic) bond motifs is 1. The molecule has 1 aromatic heterocycles. The molecule has 0 bridgehead atoms. The molecule has 1 aliphatic heterocycles. The van der Waals surface area contributed by atoms with E-state index < -0.39 is 0 Å². The molecular weight excluding hydrogens is 222 g/mol. The second-order valence-corrected chi connectivity index (χ2v) is 4.92. The summed E-state index contributed by atoms with van der Waals surface area (Å²) >= 11 is 0. The van der Waals surface area contributed by atoms with E-state index in [4.69, 9.17) is 0 Å². The predicted molar refractivity (Wildman–Crippen MR) is 75.9 cm³/mol. The van der Waals surface area contributed by atoms with Crippen molar-refractivity contribution in [3.8, 4) is 0 Å². The van der Waals surface area contributed by atoms with Crippen LogP contribution in [0.25, 0.3) is 10.9 Å². The van der Waals surface area contributed by atoms with Crippen LogP contribution in [0.2, 0.25) is 0 Å². The van der Waals surface area contributed by atoms with E-state index in [-0.39, 0.29) is 0 Å². The molecule has 2 aromatic rings. The van der Waals surface area contributed by atoms with Crippen molar-refractivity contribution in [3.05, 3.63) is 36.4 Å².